The van der Waals surface area contributed by atoms with Gasteiger partial charge in [-0.15, -0.1) is 0 Å². The van der Waals surface area contributed by atoms with E-state index in [1.165, 1.54) is 0 Å². The minimum atomic E-state index is 0.475. The van der Waals surface area contributed by atoms with Gasteiger partial charge in [0.25, 0.3) is 0 Å². The monoisotopic (exact) mass is 378 g/mol. The summed E-state index contributed by atoms with van der Waals surface area (Å²) in [6.45, 7) is 0. The Morgan fingerprint density at radius 3 is 1.46 bits per heavy atom. The number of H-pyrrole nitrogens is 2. The van der Waals surface area contributed by atoms with Gasteiger partial charge in [0.15, 0.2) is 0 Å². The lowest BCUT2D eigenvalue weighted by Gasteiger charge is -1.86. The first-order valence-electron chi connectivity index (χ1n) is 8.06. The Morgan fingerprint density at radius 2 is 1.00 bits per heavy atom. The van der Waals surface area contributed by atoms with E-state index in [0.29, 0.717) is 10.0 Å². The molecule has 3 aromatic rings. The number of fused-ring (bicyclic) bond motifs is 8. The van der Waals surface area contributed by atoms with Gasteiger partial charge in [0.1, 0.15) is 0 Å². The van der Waals surface area contributed by atoms with E-state index in [2.05, 4.69) is 19.9 Å². The Hall–Kier alpha value is -2.82. The van der Waals surface area contributed by atoms with Gasteiger partial charge in [-0.05, 0) is 60.7 Å². The van der Waals surface area contributed by atoms with Crippen molar-refractivity contribution in [2.75, 3.05) is 0 Å². The van der Waals surface area contributed by atoms with Crippen molar-refractivity contribution in [3.05, 3.63) is 69.2 Å². The number of nitrogens with zero attached hydrogens (tertiary/aromatic N) is 2. The molecule has 0 aromatic carbocycles. The van der Waals surface area contributed by atoms with E-state index < -0.39 is 0 Å². The molecule has 8 bridgehead atoms. The lowest BCUT2D eigenvalue weighted by Crippen LogP contribution is -1.75. The second kappa shape index (κ2) is 5.87. The number of nitrogens with one attached hydrogen (secondary N) is 2. The highest BCUT2D eigenvalue weighted by atomic mass is 35.5. The number of hydrogen-bond donors (Lipinski definition) is 2. The lowest BCUT2D eigenvalue weighted by molar-refractivity contribution is 1.31. The quantitative estimate of drug-likeness (QED) is 0.349. The number of rotatable bonds is 0. The van der Waals surface area contributed by atoms with Crippen molar-refractivity contribution < 1.29 is 0 Å². The number of hydrogen-bond acceptors (Lipinski definition) is 2. The molecule has 2 aliphatic rings. The molecule has 0 atom stereocenters. The molecule has 2 N–H and O–H groups in total. The predicted octanol–water partition coefficient (Wildman–Crippen LogP) is 5.96. The molecule has 5 rings (SSSR count). The first-order chi connectivity index (χ1) is 12.6. The van der Waals surface area contributed by atoms with Crippen molar-refractivity contribution in [3.8, 4) is 0 Å². The van der Waals surface area contributed by atoms with Crippen LogP contribution in [0, 0.1) is 0 Å². The fourth-order valence-corrected chi connectivity index (χ4v) is 3.42. The summed E-state index contributed by atoms with van der Waals surface area (Å²) in [7, 11) is 0. The molecule has 5 heterocycles. The zero-order chi connectivity index (χ0) is 17.7. The fraction of sp³-hybridized carbons (Fsp3) is 0. The van der Waals surface area contributed by atoms with E-state index in [9.17, 15) is 0 Å². The number of aromatic nitrogens is 4. The molecule has 2 aliphatic heterocycles. The summed E-state index contributed by atoms with van der Waals surface area (Å²) >= 11 is 12.8. The smallest absolute Gasteiger partial charge is 0.0849 e. The van der Waals surface area contributed by atoms with Crippen molar-refractivity contribution >= 4 is 69.6 Å². The Labute approximate surface area is 158 Å². The third-order valence-corrected chi connectivity index (χ3v) is 5.11. The number of halogens is 2. The molecule has 0 radical (unpaired) electrons. The fourth-order valence-electron chi connectivity index (χ4n) is 3.01. The first kappa shape index (κ1) is 15.4. The lowest BCUT2D eigenvalue weighted by atomic mass is 10.3. The van der Waals surface area contributed by atoms with Gasteiger partial charge in [0.2, 0.25) is 0 Å². The van der Waals surface area contributed by atoms with Gasteiger partial charge in [-0.3, -0.25) is 0 Å². The van der Waals surface area contributed by atoms with Crippen LogP contribution in [0.3, 0.4) is 0 Å². The summed E-state index contributed by atoms with van der Waals surface area (Å²) in [5.41, 5.74) is 6.75. The molecule has 0 spiro atoms. The maximum absolute atomic E-state index is 6.39. The Bertz CT molecular complexity index is 1170. The highest BCUT2D eigenvalue weighted by Crippen LogP contribution is 2.31. The molecule has 0 amide bonds. The van der Waals surface area contributed by atoms with E-state index >= 15 is 0 Å². The van der Waals surface area contributed by atoms with E-state index in [-0.39, 0.29) is 0 Å². The third-order valence-electron chi connectivity index (χ3n) is 4.22. The van der Waals surface area contributed by atoms with Crippen LogP contribution in [0.2, 0.25) is 10.0 Å². The highest BCUT2D eigenvalue weighted by molar-refractivity contribution is 6.46. The minimum Gasteiger partial charge on any atom is -0.355 e. The summed E-state index contributed by atoms with van der Waals surface area (Å²) in [5, 5.41) is 0.949. The topological polar surface area (TPSA) is 57.4 Å². The molecule has 0 aliphatic carbocycles. The zero-order valence-corrected chi connectivity index (χ0v) is 14.9. The van der Waals surface area contributed by atoms with Crippen LogP contribution in [0.15, 0.2) is 36.4 Å². The summed E-state index contributed by atoms with van der Waals surface area (Å²) in [4.78, 5) is 15.8. The number of aromatic amines is 2. The maximum atomic E-state index is 6.39. The normalized spacial score (nSPS) is 12.7. The van der Waals surface area contributed by atoms with Crippen LogP contribution in [0.4, 0.5) is 0 Å². The third kappa shape index (κ3) is 2.73. The minimum absolute atomic E-state index is 0.475. The standard InChI is InChI=1S/C20H12Cl2N4/c21-19-17-9-15-5-3-13(24-15)7-11-1-2-12(23-11)8-14-4-6-16(25-14)10-18(26-17)20(19)22/h1-10,23,26H. The van der Waals surface area contributed by atoms with Crippen LogP contribution in [-0.4, -0.2) is 19.9 Å². The van der Waals surface area contributed by atoms with Gasteiger partial charge in [-0.25, -0.2) is 9.97 Å². The molecular formula is C20H12Cl2N4. The van der Waals surface area contributed by atoms with Crippen LogP contribution in [-0.2, 0) is 0 Å². The van der Waals surface area contributed by atoms with Crippen molar-refractivity contribution in [3.63, 3.8) is 0 Å². The van der Waals surface area contributed by atoms with Gasteiger partial charge in [-0.1, -0.05) is 23.2 Å². The molecule has 0 saturated heterocycles. The van der Waals surface area contributed by atoms with Crippen LogP contribution in [0.5, 0.6) is 0 Å². The summed E-state index contributed by atoms with van der Waals surface area (Å²) < 4.78 is 0. The van der Waals surface area contributed by atoms with Crippen LogP contribution < -0.4 is 0 Å². The molecule has 126 valence electrons. The van der Waals surface area contributed by atoms with Crippen LogP contribution in [0.25, 0.3) is 46.4 Å². The second-order valence-corrected chi connectivity index (χ2v) is 6.87. The molecule has 3 aromatic heterocycles. The summed E-state index contributed by atoms with van der Waals surface area (Å²) in [6.07, 6.45) is 7.81. The molecule has 0 fully saturated rings. The van der Waals surface area contributed by atoms with Gasteiger partial charge >= 0.3 is 0 Å². The highest BCUT2D eigenvalue weighted by Gasteiger charge is 2.09. The van der Waals surface area contributed by atoms with Crippen LogP contribution in [0.1, 0.15) is 22.8 Å². The van der Waals surface area contributed by atoms with Crippen molar-refractivity contribution in [1.29, 1.82) is 0 Å². The molecule has 0 unspecified atom stereocenters. The Kier molecular flexibility index (Phi) is 3.48. The Balaban J connectivity index is 1.89. The van der Waals surface area contributed by atoms with Gasteiger partial charge in [0, 0.05) is 11.0 Å². The molecule has 4 nitrogen and oxygen atoms in total. The van der Waals surface area contributed by atoms with Crippen molar-refractivity contribution in [2.24, 2.45) is 0 Å². The maximum Gasteiger partial charge on any atom is 0.0849 e. The summed E-state index contributed by atoms with van der Waals surface area (Å²) in [5.74, 6) is 0. The predicted molar refractivity (Wildman–Crippen MR) is 109 cm³/mol. The van der Waals surface area contributed by atoms with E-state index in [1.54, 1.807) is 0 Å². The molecular weight excluding hydrogens is 367 g/mol. The second-order valence-electron chi connectivity index (χ2n) is 6.12. The molecule has 6 heteroatoms. The average molecular weight is 379 g/mol. The Morgan fingerprint density at radius 1 is 0.577 bits per heavy atom. The summed E-state index contributed by atoms with van der Waals surface area (Å²) in [6, 6.07) is 11.8. The van der Waals surface area contributed by atoms with Gasteiger partial charge in [0.05, 0.1) is 43.9 Å². The van der Waals surface area contributed by atoms with E-state index in [0.717, 1.165) is 44.8 Å². The SMILES string of the molecule is Clc1c(Cl)c2cc3nc(cc4ccc(cc5nc(cc1[nH]2)C=C5)[nH]4)C=C3. The van der Waals surface area contributed by atoms with Crippen molar-refractivity contribution in [1.82, 2.24) is 19.9 Å². The van der Waals surface area contributed by atoms with Gasteiger partial charge < -0.3 is 9.97 Å². The van der Waals surface area contributed by atoms with Gasteiger partial charge in [-0.2, -0.15) is 0 Å². The zero-order valence-electron chi connectivity index (χ0n) is 13.4. The molecule has 0 saturated carbocycles. The van der Waals surface area contributed by atoms with Crippen molar-refractivity contribution in [2.45, 2.75) is 0 Å². The van der Waals surface area contributed by atoms with Crippen LogP contribution >= 0.6 is 23.2 Å². The average Bonchev–Trinajstić information content (AvgIpc) is 3.38. The molecule has 26 heavy (non-hydrogen) atoms. The van der Waals surface area contributed by atoms with E-state index in [4.69, 9.17) is 23.2 Å². The largest absolute Gasteiger partial charge is 0.355 e. The van der Waals surface area contributed by atoms with E-state index in [1.807, 2.05) is 60.7 Å². The first-order valence-corrected chi connectivity index (χ1v) is 8.82.